The average molecular weight is 387 g/mol. The van der Waals surface area contributed by atoms with Gasteiger partial charge in [0.15, 0.2) is 0 Å². The van der Waals surface area contributed by atoms with Crippen molar-refractivity contribution in [2.24, 2.45) is 0 Å². The molecule has 0 saturated heterocycles. The molecule has 0 amide bonds. The molecule has 3 N–H and O–H groups in total. The zero-order valence-electron chi connectivity index (χ0n) is 15.3. The number of carboxylic acids is 1. The number of fused-ring (bicyclic) bond motifs is 2. The lowest BCUT2D eigenvalue weighted by atomic mass is 10.0. The van der Waals surface area contributed by atoms with E-state index in [1.165, 1.54) is 12.1 Å². The number of aliphatic hydroxyl groups excluding tert-OH is 1. The Hall–Kier alpha value is -3.89. The first kappa shape index (κ1) is 18.5. The minimum atomic E-state index is -0.994. The third kappa shape index (κ3) is 3.26. The fraction of sp³-hybridized carbons (Fsp3) is 0.136. The molecular formula is C22H17N3O4. The van der Waals surface area contributed by atoms with Gasteiger partial charge >= 0.3 is 5.97 Å². The predicted molar refractivity (Wildman–Crippen MR) is 110 cm³/mol. The lowest BCUT2D eigenvalue weighted by molar-refractivity contribution is 0.0697. The highest BCUT2D eigenvalue weighted by atomic mass is 16.4. The van der Waals surface area contributed by atoms with Gasteiger partial charge in [0.05, 0.1) is 29.1 Å². The Labute approximate surface area is 166 Å². The van der Waals surface area contributed by atoms with E-state index in [9.17, 15) is 14.7 Å². The Balaban J connectivity index is 1.79. The second-order valence-corrected chi connectivity index (χ2v) is 6.66. The second-order valence-electron chi connectivity index (χ2n) is 6.66. The van der Waals surface area contributed by atoms with Gasteiger partial charge in [0.25, 0.3) is 5.56 Å². The van der Waals surface area contributed by atoms with Gasteiger partial charge in [-0.05, 0) is 47.5 Å². The van der Waals surface area contributed by atoms with Crippen LogP contribution < -0.4 is 10.5 Å². The van der Waals surface area contributed by atoms with E-state index in [1.807, 2.05) is 23.1 Å². The number of hydrogen-bond donors (Lipinski definition) is 3. The summed E-state index contributed by atoms with van der Waals surface area (Å²) in [5.74, 6) is 1.86. The molecule has 0 radical (unpaired) electrons. The molecule has 0 spiro atoms. The van der Waals surface area contributed by atoms with Gasteiger partial charge in [0.1, 0.15) is 12.4 Å². The molecule has 0 fully saturated rings. The Bertz CT molecular complexity index is 1240. The number of H-pyrrole nitrogens is 1. The third-order valence-corrected chi connectivity index (χ3v) is 4.93. The fourth-order valence-corrected chi connectivity index (χ4v) is 3.56. The van der Waals surface area contributed by atoms with Crippen molar-refractivity contribution in [3.8, 4) is 12.3 Å². The summed E-state index contributed by atoms with van der Waals surface area (Å²) in [4.78, 5) is 32.3. The van der Waals surface area contributed by atoms with E-state index < -0.39 is 5.97 Å². The van der Waals surface area contributed by atoms with E-state index in [1.54, 1.807) is 18.2 Å². The number of aromatic carboxylic acids is 1. The van der Waals surface area contributed by atoms with Gasteiger partial charge in [-0.15, -0.1) is 6.42 Å². The molecule has 0 saturated carbocycles. The van der Waals surface area contributed by atoms with Gasteiger partial charge in [-0.2, -0.15) is 0 Å². The molecule has 7 nitrogen and oxygen atoms in total. The van der Waals surface area contributed by atoms with Gasteiger partial charge in [-0.3, -0.25) is 4.79 Å². The molecule has 144 valence electrons. The maximum absolute atomic E-state index is 12.4. The van der Waals surface area contributed by atoms with Crippen molar-refractivity contribution in [2.75, 3.05) is 11.4 Å². The molecule has 1 heterocycles. The molecule has 1 aliphatic carbocycles. The standard InChI is InChI=1S/C22H17N3O4/c1-2-9-25(15-6-3-13(4-7-15)22(28)29)19-8-5-14-10-18-17(11-16(14)19)21(27)24-20(12-26)23-18/h1,3-8,10-11,19,26H,9,12H2,(H,28,29)(H,23,24,27). The number of hydrogen-bond acceptors (Lipinski definition) is 5. The molecule has 0 bridgehead atoms. The van der Waals surface area contributed by atoms with Crippen LogP contribution >= 0.6 is 0 Å². The van der Waals surface area contributed by atoms with Crippen molar-refractivity contribution in [1.82, 2.24) is 9.97 Å². The average Bonchev–Trinajstić information content (AvgIpc) is 3.13. The molecule has 7 heteroatoms. The smallest absolute Gasteiger partial charge is 0.335 e. The number of rotatable bonds is 5. The van der Waals surface area contributed by atoms with Crippen molar-refractivity contribution in [2.45, 2.75) is 12.6 Å². The summed E-state index contributed by atoms with van der Waals surface area (Å²) in [7, 11) is 0. The van der Waals surface area contributed by atoms with Gasteiger partial charge in [-0.1, -0.05) is 18.1 Å². The number of aromatic nitrogens is 2. The summed E-state index contributed by atoms with van der Waals surface area (Å²) in [6.45, 7) is -0.0417. The summed E-state index contributed by atoms with van der Waals surface area (Å²) in [5, 5.41) is 18.8. The highest BCUT2D eigenvalue weighted by molar-refractivity contribution is 5.88. The SMILES string of the molecule is C#CCN(c1ccc(C(=O)O)cc1)C1C=Cc2cc3nc(CO)[nH]c(=O)c3cc21. The van der Waals surface area contributed by atoms with Crippen LogP contribution in [0.2, 0.25) is 0 Å². The van der Waals surface area contributed by atoms with Crippen molar-refractivity contribution < 1.29 is 15.0 Å². The monoisotopic (exact) mass is 387 g/mol. The Morgan fingerprint density at radius 2 is 2.03 bits per heavy atom. The molecule has 29 heavy (non-hydrogen) atoms. The van der Waals surface area contributed by atoms with Crippen LogP contribution in [0.3, 0.4) is 0 Å². The van der Waals surface area contributed by atoms with Gasteiger partial charge in [-0.25, -0.2) is 9.78 Å². The minimum absolute atomic E-state index is 0.195. The quantitative estimate of drug-likeness (QED) is 0.580. The van der Waals surface area contributed by atoms with Crippen molar-refractivity contribution in [1.29, 1.82) is 0 Å². The number of carboxylic acid groups (broad SMARTS) is 1. The van der Waals surface area contributed by atoms with E-state index in [-0.39, 0.29) is 29.6 Å². The largest absolute Gasteiger partial charge is 0.478 e. The summed E-state index contributed by atoms with van der Waals surface area (Å²) in [6, 6.07) is 9.90. The normalized spacial score (nSPS) is 14.6. The summed E-state index contributed by atoms with van der Waals surface area (Å²) in [5.41, 5.74) is 2.98. The van der Waals surface area contributed by atoms with Gasteiger partial charge in [0.2, 0.25) is 0 Å². The second kappa shape index (κ2) is 7.26. The summed E-state index contributed by atoms with van der Waals surface area (Å²) < 4.78 is 0. The maximum atomic E-state index is 12.4. The van der Waals surface area contributed by atoms with Crippen LogP contribution in [0, 0.1) is 12.3 Å². The van der Waals surface area contributed by atoms with Crippen molar-refractivity contribution in [3.05, 3.63) is 75.3 Å². The zero-order valence-corrected chi connectivity index (χ0v) is 15.3. The van der Waals surface area contributed by atoms with Crippen molar-refractivity contribution in [3.63, 3.8) is 0 Å². The van der Waals surface area contributed by atoms with Crippen LogP contribution in [-0.4, -0.2) is 32.7 Å². The van der Waals surface area contributed by atoms with E-state index in [2.05, 4.69) is 15.9 Å². The van der Waals surface area contributed by atoms with E-state index in [0.29, 0.717) is 17.4 Å². The summed E-state index contributed by atoms with van der Waals surface area (Å²) >= 11 is 0. The first-order chi connectivity index (χ1) is 14.0. The van der Waals surface area contributed by atoms with E-state index in [4.69, 9.17) is 11.5 Å². The number of anilines is 1. The third-order valence-electron chi connectivity index (χ3n) is 4.93. The van der Waals surface area contributed by atoms with E-state index >= 15 is 0 Å². The molecule has 1 unspecified atom stereocenters. The lowest BCUT2D eigenvalue weighted by Gasteiger charge is -2.29. The van der Waals surface area contributed by atoms with Crippen LogP contribution in [0.1, 0.15) is 33.4 Å². The molecule has 0 aliphatic heterocycles. The highest BCUT2D eigenvalue weighted by Crippen LogP contribution is 2.37. The van der Waals surface area contributed by atoms with Gasteiger partial charge < -0.3 is 20.1 Å². The summed E-state index contributed by atoms with van der Waals surface area (Å²) in [6.07, 6.45) is 9.50. The van der Waals surface area contributed by atoms with Crippen LogP contribution in [0.15, 0.2) is 47.3 Å². The first-order valence-electron chi connectivity index (χ1n) is 8.91. The van der Waals surface area contributed by atoms with Crippen LogP contribution in [-0.2, 0) is 6.61 Å². The van der Waals surface area contributed by atoms with E-state index in [0.717, 1.165) is 16.8 Å². The van der Waals surface area contributed by atoms with Crippen LogP contribution in [0.4, 0.5) is 5.69 Å². The maximum Gasteiger partial charge on any atom is 0.335 e. The van der Waals surface area contributed by atoms with Gasteiger partial charge in [0, 0.05) is 5.69 Å². The molecule has 1 atom stereocenters. The minimum Gasteiger partial charge on any atom is -0.478 e. The Morgan fingerprint density at radius 3 is 2.69 bits per heavy atom. The number of nitrogens with one attached hydrogen (secondary N) is 1. The highest BCUT2D eigenvalue weighted by Gasteiger charge is 2.25. The van der Waals surface area contributed by atoms with Crippen molar-refractivity contribution >= 4 is 28.6 Å². The Morgan fingerprint density at radius 1 is 1.28 bits per heavy atom. The fourth-order valence-electron chi connectivity index (χ4n) is 3.56. The molecule has 1 aliphatic rings. The lowest BCUT2D eigenvalue weighted by Crippen LogP contribution is -2.27. The number of carbonyl (C=O) groups is 1. The molecule has 3 aromatic rings. The zero-order chi connectivity index (χ0) is 20.5. The molecule has 1 aromatic heterocycles. The number of aromatic amines is 1. The first-order valence-corrected chi connectivity index (χ1v) is 8.91. The number of aliphatic hydroxyl groups is 1. The number of nitrogens with zero attached hydrogens (tertiary/aromatic N) is 2. The van der Waals surface area contributed by atoms with Crippen LogP contribution in [0.5, 0.6) is 0 Å². The predicted octanol–water partition coefficient (Wildman–Crippen LogP) is 2.32. The Kier molecular flexibility index (Phi) is 4.63. The molecule has 4 rings (SSSR count). The van der Waals surface area contributed by atoms with Crippen LogP contribution in [0.25, 0.3) is 17.0 Å². The molecular weight excluding hydrogens is 370 g/mol. The molecule has 2 aromatic carbocycles. The topological polar surface area (TPSA) is 107 Å². The number of terminal acetylenes is 1. The number of benzene rings is 2.